The average molecular weight is 241 g/mol. The number of hydrogen-bond donors (Lipinski definition) is 0. The van der Waals surface area contributed by atoms with Crippen molar-refractivity contribution in [3.63, 3.8) is 0 Å². The van der Waals surface area contributed by atoms with E-state index in [0.717, 1.165) is 5.75 Å². The van der Waals surface area contributed by atoms with Crippen molar-refractivity contribution >= 4 is 11.6 Å². The molecule has 0 bridgehead atoms. The average Bonchev–Trinajstić information content (AvgIpc) is 2.26. The standard InChI is InChI=1S/C14H21ClO/c1-9(2)14(15)11(4)12-8-10(3)6-7-13(12)16-5/h6-9,11,14H,1-5H3. The van der Waals surface area contributed by atoms with Crippen molar-refractivity contribution in [1.82, 2.24) is 0 Å². The van der Waals surface area contributed by atoms with Crippen molar-refractivity contribution in [2.75, 3.05) is 7.11 Å². The lowest BCUT2D eigenvalue weighted by Gasteiger charge is -2.23. The lowest BCUT2D eigenvalue weighted by molar-refractivity contribution is 0.402. The summed E-state index contributed by atoms with van der Waals surface area (Å²) in [5, 5.41) is 0.135. The monoisotopic (exact) mass is 240 g/mol. The molecule has 2 unspecified atom stereocenters. The predicted octanol–water partition coefficient (Wildman–Crippen LogP) is 4.37. The van der Waals surface area contributed by atoms with E-state index >= 15 is 0 Å². The van der Waals surface area contributed by atoms with E-state index in [9.17, 15) is 0 Å². The molecule has 1 aromatic rings. The van der Waals surface area contributed by atoms with Crippen LogP contribution >= 0.6 is 11.6 Å². The number of alkyl halides is 1. The Balaban J connectivity index is 3.05. The Morgan fingerprint density at radius 2 is 1.81 bits per heavy atom. The Bertz CT molecular complexity index is 347. The van der Waals surface area contributed by atoms with Gasteiger partial charge in [0.25, 0.3) is 0 Å². The molecule has 1 nitrogen and oxygen atoms in total. The summed E-state index contributed by atoms with van der Waals surface area (Å²) in [6, 6.07) is 6.25. The Morgan fingerprint density at radius 3 is 2.31 bits per heavy atom. The lowest BCUT2D eigenvalue weighted by atomic mass is 9.90. The number of hydrogen-bond acceptors (Lipinski definition) is 1. The van der Waals surface area contributed by atoms with Crippen LogP contribution in [0.1, 0.15) is 37.8 Å². The van der Waals surface area contributed by atoms with Crippen molar-refractivity contribution in [1.29, 1.82) is 0 Å². The van der Waals surface area contributed by atoms with E-state index in [2.05, 4.69) is 39.8 Å². The molecule has 0 aromatic heterocycles. The van der Waals surface area contributed by atoms with Crippen LogP contribution in [-0.2, 0) is 0 Å². The molecule has 0 saturated heterocycles. The lowest BCUT2D eigenvalue weighted by Crippen LogP contribution is -2.17. The van der Waals surface area contributed by atoms with Crippen molar-refractivity contribution < 1.29 is 4.74 Å². The highest BCUT2D eigenvalue weighted by Crippen LogP contribution is 2.34. The van der Waals surface area contributed by atoms with Gasteiger partial charge in [0.05, 0.1) is 7.11 Å². The molecule has 0 amide bonds. The Kier molecular flexibility index (Phi) is 4.67. The van der Waals surface area contributed by atoms with E-state index in [0.29, 0.717) is 11.8 Å². The molecule has 0 heterocycles. The van der Waals surface area contributed by atoms with Crippen molar-refractivity contribution in [3.05, 3.63) is 29.3 Å². The second-order valence-electron chi connectivity index (χ2n) is 4.72. The summed E-state index contributed by atoms with van der Waals surface area (Å²) in [6.07, 6.45) is 0. The third kappa shape index (κ3) is 2.91. The van der Waals surface area contributed by atoms with Crippen LogP contribution in [0.25, 0.3) is 0 Å². The van der Waals surface area contributed by atoms with E-state index in [4.69, 9.17) is 16.3 Å². The molecular formula is C14H21ClO. The van der Waals surface area contributed by atoms with Gasteiger partial charge in [-0.1, -0.05) is 38.5 Å². The van der Waals surface area contributed by atoms with Crippen molar-refractivity contribution in [2.24, 2.45) is 5.92 Å². The fourth-order valence-corrected chi connectivity index (χ4v) is 2.09. The minimum atomic E-state index is 0.135. The molecule has 0 N–H and O–H groups in total. The third-order valence-electron chi connectivity index (χ3n) is 2.99. The maximum Gasteiger partial charge on any atom is 0.122 e. The van der Waals surface area contributed by atoms with Gasteiger partial charge in [0.15, 0.2) is 0 Å². The smallest absolute Gasteiger partial charge is 0.122 e. The minimum Gasteiger partial charge on any atom is -0.496 e. The summed E-state index contributed by atoms with van der Waals surface area (Å²) < 4.78 is 5.39. The largest absolute Gasteiger partial charge is 0.496 e. The third-order valence-corrected chi connectivity index (χ3v) is 3.87. The molecule has 2 atom stereocenters. The maximum absolute atomic E-state index is 6.43. The second-order valence-corrected chi connectivity index (χ2v) is 5.23. The summed E-state index contributed by atoms with van der Waals surface area (Å²) in [4.78, 5) is 0. The second kappa shape index (κ2) is 5.58. The summed E-state index contributed by atoms with van der Waals surface area (Å²) in [6.45, 7) is 8.55. The highest BCUT2D eigenvalue weighted by molar-refractivity contribution is 6.21. The number of methoxy groups -OCH3 is 1. The molecule has 0 saturated carbocycles. The Labute approximate surface area is 104 Å². The first-order chi connectivity index (χ1) is 7.47. The first-order valence-corrected chi connectivity index (χ1v) is 6.19. The number of benzene rings is 1. The summed E-state index contributed by atoms with van der Waals surface area (Å²) in [5.74, 6) is 1.70. The molecule has 0 fully saturated rings. The van der Waals surface area contributed by atoms with Crippen LogP contribution in [-0.4, -0.2) is 12.5 Å². The first-order valence-electron chi connectivity index (χ1n) is 5.76. The number of ether oxygens (including phenoxy) is 1. The van der Waals surface area contributed by atoms with Crippen LogP contribution in [0.3, 0.4) is 0 Å². The van der Waals surface area contributed by atoms with Gasteiger partial charge in [0.1, 0.15) is 5.75 Å². The molecule has 90 valence electrons. The Hall–Kier alpha value is -0.690. The van der Waals surface area contributed by atoms with E-state index in [1.54, 1.807) is 7.11 Å². The van der Waals surface area contributed by atoms with E-state index in [-0.39, 0.29) is 5.38 Å². The molecule has 2 heteroatoms. The molecule has 0 spiro atoms. The van der Waals surface area contributed by atoms with Gasteiger partial charge >= 0.3 is 0 Å². The van der Waals surface area contributed by atoms with Crippen LogP contribution < -0.4 is 4.74 Å². The molecular weight excluding hydrogens is 220 g/mol. The van der Waals surface area contributed by atoms with Gasteiger partial charge in [-0.15, -0.1) is 11.6 Å². The quantitative estimate of drug-likeness (QED) is 0.710. The fourth-order valence-electron chi connectivity index (χ4n) is 1.96. The minimum absolute atomic E-state index is 0.135. The molecule has 0 aliphatic rings. The van der Waals surface area contributed by atoms with E-state index < -0.39 is 0 Å². The number of rotatable bonds is 4. The summed E-state index contributed by atoms with van der Waals surface area (Å²) in [7, 11) is 1.71. The topological polar surface area (TPSA) is 9.23 Å². The SMILES string of the molecule is COc1ccc(C)cc1C(C)C(Cl)C(C)C. The molecule has 1 aromatic carbocycles. The highest BCUT2D eigenvalue weighted by atomic mass is 35.5. The summed E-state index contributed by atoms with van der Waals surface area (Å²) in [5.41, 5.74) is 2.45. The molecule has 1 rings (SSSR count). The van der Waals surface area contributed by atoms with Crippen LogP contribution in [0.4, 0.5) is 0 Å². The van der Waals surface area contributed by atoms with Gasteiger partial charge in [-0.3, -0.25) is 0 Å². The zero-order valence-corrected chi connectivity index (χ0v) is 11.5. The van der Waals surface area contributed by atoms with Gasteiger partial charge < -0.3 is 4.74 Å². The molecule has 0 aliphatic carbocycles. The zero-order chi connectivity index (χ0) is 12.3. The molecule has 0 aliphatic heterocycles. The van der Waals surface area contributed by atoms with Gasteiger partial charge in [0.2, 0.25) is 0 Å². The highest BCUT2D eigenvalue weighted by Gasteiger charge is 2.22. The first kappa shape index (κ1) is 13.4. The van der Waals surface area contributed by atoms with Gasteiger partial charge in [-0.2, -0.15) is 0 Å². The van der Waals surface area contributed by atoms with Crippen LogP contribution in [0, 0.1) is 12.8 Å². The number of halogens is 1. The van der Waals surface area contributed by atoms with Crippen molar-refractivity contribution in [2.45, 2.75) is 39.0 Å². The van der Waals surface area contributed by atoms with E-state index in [1.807, 2.05) is 6.07 Å². The van der Waals surface area contributed by atoms with Crippen LogP contribution in [0.15, 0.2) is 18.2 Å². The fraction of sp³-hybridized carbons (Fsp3) is 0.571. The van der Waals surface area contributed by atoms with Gasteiger partial charge in [-0.05, 0) is 24.5 Å². The zero-order valence-electron chi connectivity index (χ0n) is 10.8. The van der Waals surface area contributed by atoms with Gasteiger partial charge in [0, 0.05) is 11.3 Å². The van der Waals surface area contributed by atoms with Crippen LogP contribution in [0.5, 0.6) is 5.75 Å². The van der Waals surface area contributed by atoms with Gasteiger partial charge in [-0.25, -0.2) is 0 Å². The Morgan fingerprint density at radius 1 is 1.19 bits per heavy atom. The predicted molar refractivity (Wildman–Crippen MR) is 70.6 cm³/mol. The van der Waals surface area contributed by atoms with Crippen molar-refractivity contribution in [3.8, 4) is 5.75 Å². The van der Waals surface area contributed by atoms with E-state index in [1.165, 1.54) is 11.1 Å². The summed E-state index contributed by atoms with van der Waals surface area (Å²) >= 11 is 6.43. The van der Waals surface area contributed by atoms with Crippen LogP contribution in [0.2, 0.25) is 0 Å². The molecule has 0 radical (unpaired) electrons. The normalized spacial score (nSPS) is 14.9. The maximum atomic E-state index is 6.43. The number of aryl methyl sites for hydroxylation is 1. The molecule has 16 heavy (non-hydrogen) atoms.